The molecular formula is C21H25N5O4. The van der Waals surface area contributed by atoms with E-state index in [9.17, 15) is 0 Å². The van der Waals surface area contributed by atoms with Gasteiger partial charge in [0.1, 0.15) is 5.69 Å². The number of aromatic nitrogens is 4. The molecule has 0 saturated carbocycles. The average molecular weight is 411 g/mol. The molecule has 0 bridgehead atoms. The van der Waals surface area contributed by atoms with Gasteiger partial charge in [-0.3, -0.25) is 9.88 Å². The quantitative estimate of drug-likeness (QED) is 0.581. The fourth-order valence-electron chi connectivity index (χ4n) is 3.80. The summed E-state index contributed by atoms with van der Waals surface area (Å²) in [6.45, 7) is 2.59. The van der Waals surface area contributed by atoms with Gasteiger partial charge in [-0.05, 0) is 37.1 Å². The molecule has 3 heterocycles. The molecule has 30 heavy (non-hydrogen) atoms. The molecule has 158 valence electrons. The van der Waals surface area contributed by atoms with Gasteiger partial charge in [0.15, 0.2) is 11.5 Å². The lowest BCUT2D eigenvalue weighted by Crippen LogP contribution is -2.34. The fraction of sp³-hybridized carbons (Fsp3) is 0.429. The Morgan fingerprint density at radius 1 is 1.07 bits per heavy atom. The lowest BCUT2D eigenvalue weighted by Gasteiger charge is -2.31. The number of ether oxygens (including phenoxy) is 3. The van der Waals surface area contributed by atoms with Crippen LogP contribution in [0.4, 0.5) is 0 Å². The highest BCUT2D eigenvalue weighted by atomic mass is 16.5. The molecule has 9 heteroatoms. The second-order valence-electron chi connectivity index (χ2n) is 7.14. The number of hydrogen-bond acceptors (Lipinski definition) is 9. The minimum atomic E-state index is 0.179. The molecule has 1 aliphatic heterocycles. The Labute approximate surface area is 175 Å². The highest BCUT2D eigenvalue weighted by molar-refractivity contribution is 5.53. The highest BCUT2D eigenvalue weighted by Gasteiger charge is 2.27. The number of piperidine rings is 1. The summed E-state index contributed by atoms with van der Waals surface area (Å²) in [5.74, 6) is 3.14. The maximum absolute atomic E-state index is 5.90. The summed E-state index contributed by atoms with van der Waals surface area (Å²) in [6.07, 6.45) is 6.91. The normalized spacial score (nSPS) is 17.0. The van der Waals surface area contributed by atoms with Crippen LogP contribution in [0.15, 0.2) is 35.1 Å². The summed E-state index contributed by atoms with van der Waals surface area (Å²) in [5, 5.41) is 8.42. The summed E-state index contributed by atoms with van der Waals surface area (Å²) in [7, 11) is 4.86. The van der Waals surface area contributed by atoms with Gasteiger partial charge >= 0.3 is 0 Å². The lowest BCUT2D eigenvalue weighted by molar-refractivity contribution is 0.186. The predicted octanol–water partition coefficient (Wildman–Crippen LogP) is 2.93. The molecule has 3 aromatic rings. The smallest absolute Gasteiger partial charge is 0.267 e. The first-order chi connectivity index (χ1) is 14.7. The number of likely N-dealkylation sites (tertiary alicyclic amines) is 1. The van der Waals surface area contributed by atoms with Crippen molar-refractivity contribution in [2.75, 3.05) is 34.4 Å². The molecule has 0 N–H and O–H groups in total. The van der Waals surface area contributed by atoms with Crippen LogP contribution in [0.1, 0.15) is 30.2 Å². The predicted molar refractivity (Wildman–Crippen MR) is 109 cm³/mol. The van der Waals surface area contributed by atoms with E-state index in [0.29, 0.717) is 34.7 Å². The molecule has 1 aliphatic rings. The topological polar surface area (TPSA) is 95.6 Å². The first-order valence-corrected chi connectivity index (χ1v) is 9.82. The van der Waals surface area contributed by atoms with Gasteiger partial charge in [-0.1, -0.05) is 0 Å². The number of benzene rings is 1. The van der Waals surface area contributed by atoms with E-state index in [1.54, 1.807) is 39.9 Å². The Balaban J connectivity index is 1.48. The van der Waals surface area contributed by atoms with E-state index in [2.05, 4.69) is 25.1 Å². The Morgan fingerprint density at radius 2 is 1.87 bits per heavy atom. The van der Waals surface area contributed by atoms with E-state index in [4.69, 9.17) is 18.6 Å². The monoisotopic (exact) mass is 411 g/mol. The Kier molecular flexibility index (Phi) is 6.08. The largest absolute Gasteiger partial charge is 0.493 e. The van der Waals surface area contributed by atoms with Crippen LogP contribution in [-0.4, -0.2) is 59.5 Å². The van der Waals surface area contributed by atoms with Crippen molar-refractivity contribution in [2.24, 2.45) is 0 Å². The minimum Gasteiger partial charge on any atom is -0.493 e. The molecule has 2 aromatic heterocycles. The maximum Gasteiger partial charge on any atom is 0.267 e. The van der Waals surface area contributed by atoms with E-state index in [1.807, 2.05) is 12.1 Å². The van der Waals surface area contributed by atoms with Crippen molar-refractivity contribution in [1.82, 2.24) is 25.1 Å². The summed E-state index contributed by atoms with van der Waals surface area (Å²) in [4.78, 5) is 10.7. The van der Waals surface area contributed by atoms with E-state index >= 15 is 0 Å². The Bertz CT molecular complexity index is 954. The number of rotatable bonds is 7. The summed E-state index contributed by atoms with van der Waals surface area (Å²) < 4.78 is 22.3. The van der Waals surface area contributed by atoms with Crippen LogP contribution < -0.4 is 14.2 Å². The van der Waals surface area contributed by atoms with Crippen LogP contribution in [0, 0.1) is 0 Å². The molecule has 1 aromatic carbocycles. The molecule has 0 aliphatic carbocycles. The average Bonchev–Trinajstić information content (AvgIpc) is 3.29. The maximum atomic E-state index is 5.90. The van der Waals surface area contributed by atoms with Gasteiger partial charge in [0, 0.05) is 25.5 Å². The highest BCUT2D eigenvalue weighted by Crippen LogP contribution is 2.39. The van der Waals surface area contributed by atoms with E-state index in [0.717, 1.165) is 38.0 Å². The third kappa shape index (κ3) is 4.20. The van der Waals surface area contributed by atoms with Gasteiger partial charge in [0.2, 0.25) is 11.6 Å². The van der Waals surface area contributed by atoms with Gasteiger partial charge in [0.05, 0.1) is 33.4 Å². The molecule has 1 saturated heterocycles. The zero-order valence-electron chi connectivity index (χ0n) is 17.4. The van der Waals surface area contributed by atoms with Gasteiger partial charge in [0.25, 0.3) is 5.89 Å². The number of methoxy groups -OCH3 is 3. The van der Waals surface area contributed by atoms with Crippen molar-refractivity contribution in [2.45, 2.75) is 25.3 Å². The van der Waals surface area contributed by atoms with Crippen molar-refractivity contribution < 1.29 is 18.6 Å². The lowest BCUT2D eigenvalue weighted by atomic mass is 9.97. The van der Waals surface area contributed by atoms with Crippen LogP contribution in [0.3, 0.4) is 0 Å². The molecule has 9 nitrogen and oxygen atoms in total. The SMILES string of the molecule is COc1cc(CN2CCCC(c3nnc(-c4cnccn4)o3)C2)cc(OC)c1OC. The van der Waals surface area contributed by atoms with E-state index in [1.165, 1.54) is 0 Å². The first kappa shape index (κ1) is 20.1. The molecule has 1 fully saturated rings. The third-order valence-electron chi connectivity index (χ3n) is 5.21. The van der Waals surface area contributed by atoms with Gasteiger partial charge in [-0.2, -0.15) is 0 Å². The van der Waals surface area contributed by atoms with Crippen LogP contribution in [-0.2, 0) is 6.54 Å². The second kappa shape index (κ2) is 9.08. The summed E-state index contributed by atoms with van der Waals surface area (Å²) >= 11 is 0. The van der Waals surface area contributed by atoms with Crippen molar-refractivity contribution in [1.29, 1.82) is 0 Å². The minimum absolute atomic E-state index is 0.179. The molecule has 4 rings (SSSR count). The van der Waals surface area contributed by atoms with Crippen molar-refractivity contribution in [3.8, 4) is 28.8 Å². The zero-order chi connectivity index (χ0) is 20.9. The van der Waals surface area contributed by atoms with Crippen LogP contribution in [0.2, 0.25) is 0 Å². The fourth-order valence-corrected chi connectivity index (χ4v) is 3.80. The van der Waals surface area contributed by atoms with Gasteiger partial charge in [-0.15, -0.1) is 10.2 Å². The van der Waals surface area contributed by atoms with Crippen LogP contribution in [0.25, 0.3) is 11.6 Å². The number of hydrogen-bond donors (Lipinski definition) is 0. The standard InChI is InChI=1S/C21H25N5O4/c1-27-17-9-14(10-18(28-2)19(17)29-3)12-26-8-4-5-15(13-26)20-24-25-21(30-20)16-11-22-6-7-23-16/h6-7,9-11,15H,4-5,8,12-13H2,1-3H3. The van der Waals surface area contributed by atoms with Crippen LogP contribution in [0.5, 0.6) is 17.2 Å². The van der Waals surface area contributed by atoms with Gasteiger partial charge in [-0.25, -0.2) is 4.98 Å². The van der Waals surface area contributed by atoms with Crippen molar-refractivity contribution in [3.63, 3.8) is 0 Å². The summed E-state index contributed by atoms with van der Waals surface area (Å²) in [5.41, 5.74) is 1.68. The second-order valence-corrected chi connectivity index (χ2v) is 7.14. The third-order valence-corrected chi connectivity index (χ3v) is 5.21. The molecule has 1 unspecified atom stereocenters. The number of nitrogens with zero attached hydrogens (tertiary/aromatic N) is 5. The molecule has 1 atom stereocenters. The molecule has 0 radical (unpaired) electrons. The Hall–Kier alpha value is -3.20. The van der Waals surface area contributed by atoms with Gasteiger partial charge < -0.3 is 18.6 Å². The van der Waals surface area contributed by atoms with E-state index in [-0.39, 0.29) is 5.92 Å². The zero-order valence-corrected chi connectivity index (χ0v) is 17.4. The first-order valence-electron chi connectivity index (χ1n) is 9.82. The molecule has 0 spiro atoms. The molecule has 0 amide bonds. The molecular weight excluding hydrogens is 386 g/mol. The van der Waals surface area contributed by atoms with Crippen LogP contribution >= 0.6 is 0 Å². The van der Waals surface area contributed by atoms with E-state index < -0.39 is 0 Å². The van der Waals surface area contributed by atoms with Crippen molar-refractivity contribution >= 4 is 0 Å². The Morgan fingerprint density at radius 3 is 2.53 bits per heavy atom. The summed E-state index contributed by atoms with van der Waals surface area (Å²) in [6, 6.07) is 3.98. The van der Waals surface area contributed by atoms with Crippen molar-refractivity contribution in [3.05, 3.63) is 42.2 Å².